The van der Waals surface area contributed by atoms with Crippen molar-refractivity contribution in [3.63, 3.8) is 0 Å². The topological polar surface area (TPSA) is 59.0 Å². The van der Waals surface area contributed by atoms with E-state index in [1.807, 2.05) is 6.07 Å². The van der Waals surface area contributed by atoms with Gasteiger partial charge in [0.25, 0.3) is 0 Å². The Balaban J connectivity index is 2.64. The average molecular weight is 222 g/mol. The van der Waals surface area contributed by atoms with Crippen LogP contribution in [-0.2, 0) is 10.3 Å². The maximum atomic E-state index is 13.5. The minimum Gasteiger partial charge on any atom is -0.366 e. The summed E-state index contributed by atoms with van der Waals surface area (Å²) in [5.41, 5.74) is 5.71. The van der Waals surface area contributed by atoms with Crippen LogP contribution in [0.15, 0.2) is 24.3 Å². The summed E-state index contributed by atoms with van der Waals surface area (Å²) in [6.07, 6.45) is 0.468. The zero-order valence-corrected chi connectivity index (χ0v) is 9.24. The van der Waals surface area contributed by atoms with Gasteiger partial charge >= 0.3 is 0 Å². The summed E-state index contributed by atoms with van der Waals surface area (Å²) in [4.78, 5) is 0. The lowest BCUT2D eigenvalue weighted by Gasteiger charge is -2.25. The molecular formula is C12H15FN2O. The molecule has 0 spiro atoms. The van der Waals surface area contributed by atoms with Gasteiger partial charge in [-0.2, -0.15) is 5.26 Å². The zero-order valence-electron chi connectivity index (χ0n) is 9.24. The van der Waals surface area contributed by atoms with E-state index < -0.39 is 5.54 Å². The number of rotatable bonds is 5. The van der Waals surface area contributed by atoms with Crippen LogP contribution in [0.4, 0.5) is 4.39 Å². The average Bonchev–Trinajstić information content (AvgIpc) is 2.25. The highest BCUT2D eigenvalue weighted by Gasteiger charge is 2.23. The summed E-state index contributed by atoms with van der Waals surface area (Å²) >= 11 is 0. The van der Waals surface area contributed by atoms with Gasteiger partial charge in [0.1, 0.15) is 12.4 Å². The van der Waals surface area contributed by atoms with Crippen molar-refractivity contribution < 1.29 is 9.13 Å². The van der Waals surface area contributed by atoms with Gasteiger partial charge in [-0.3, -0.25) is 0 Å². The highest BCUT2D eigenvalue weighted by Crippen LogP contribution is 2.23. The first-order valence-corrected chi connectivity index (χ1v) is 5.06. The maximum absolute atomic E-state index is 13.5. The summed E-state index contributed by atoms with van der Waals surface area (Å²) in [6.45, 7) is 2.13. The van der Waals surface area contributed by atoms with Crippen LogP contribution in [0.1, 0.15) is 18.9 Å². The molecule has 3 nitrogen and oxygen atoms in total. The van der Waals surface area contributed by atoms with E-state index in [1.54, 1.807) is 25.1 Å². The van der Waals surface area contributed by atoms with Gasteiger partial charge in [0.2, 0.25) is 0 Å². The van der Waals surface area contributed by atoms with Gasteiger partial charge in [0.05, 0.1) is 12.7 Å². The molecule has 0 saturated heterocycles. The second-order valence-corrected chi connectivity index (χ2v) is 3.86. The van der Waals surface area contributed by atoms with Crippen molar-refractivity contribution in [1.82, 2.24) is 0 Å². The molecule has 1 aromatic rings. The fraction of sp³-hybridized carbons (Fsp3) is 0.417. The Bertz CT molecular complexity index is 385. The van der Waals surface area contributed by atoms with E-state index in [-0.39, 0.29) is 12.4 Å². The van der Waals surface area contributed by atoms with Gasteiger partial charge in [0.15, 0.2) is 0 Å². The summed E-state index contributed by atoms with van der Waals surface area (Å²) in [7, 11) is 0. The molecule has 0 heterocycles. The van der Waals surface area contributed by atoms with Crippen molar-refractivity contribution in [3.8, 4) is 6.07 Å². The lowest BCUT2D eigenvalue weighted by Crippen LogP contribution is -2.35. The smallest absolute Gasteiger partial charge is 0.133 e. The number of halogens is 1. The second-order valence-electron chi connectivity index (χ2n) is 3.86. The minimum atomic E-state index is -0.777. The molecule has 0 bridgehead atoms. The summed E-state index contributed by atoms with van der Waals surface area (Å²) in [5, 5.41) is 8.29. The normalized spacial score (nSPS) is 14.1. The molecule has 0 aliphatic carbocycles. The Hall–Kier alpha value is -1.44. The van der Waals surface area contributed by atoms with Crippen LogP contribution in [0.2, 0.25) is 0 Å². The van der Waals surface area contributed by atoms with Crippen LogP contribution in [-0.4, -0.2) is 13.2 Å². The molecule has 86 valence electrons. The van der Waals surface area contributed by atoms with Crippen molar-refractivity contribution in [1.29, 1.82) is 5.26 Å². The highest BCUT2D eigenvalue weighted by atomic mass is 19.1. The van der Waals surface area contributed by atoms with Crippen molar-refractivity contribution in [2.75, 3.05) is 13.2 Å². The molecule has 0 aliphatic heterocycles. The molecule has 0 aromatic heterocycles. The minimum absolute atomic E-state index is 0.0351. The molecule has 0 radical (unpaired) electrons. The first-order valence-electron chi connectivity index (χ1n) is 5.06. The fourth-order valence-corrected chi connectivity index (χ4v) is 1.46. The molecule has 0 unspecified atom stereocenters. The predicted octanol–water partition coefficient (Wildman–Crippen LogP) is 1.93. The lowest BCUT2D eigenvalue weighted by molar-refractivity contribution is 0.143. The largest absolute Gasteiger partial charge is 0.366 e. The Morgan fingerprint density at radius 1 is 1.50 bits per heavy atom. The van der Waals surface area contributed by atoms with Crippen molar-refractivity contribution in [2.24, 2.45) is 5.73 Å². The molecule has 16 heavy (non-hydrogen) atoms. The predicted molar refractivity (Wildman–Crippen MR) is 59.0 cm³/mol. The third-order valence-corrected chi connectivity index (χ3v) is 2.42. The van der Waals surface area contributed by atoms with E-state index in [9.17, 15) is 4.39 Å². The molecular weight excluding hydrogens is 207 g/mol. The van der Waals surface area contributed by atoms with Gasteiger partial charge in [-0.05, 0) is 19.4 Å². The maximum Gasteiger partial charge on any atom is 0.133 e. The Morgan fingerprint density at radius 3 is 2.81 bits per heavy atom. The van der Waals surface area contributed by atoms with Crippen LogP contribution in [0.25, 0.3) is 0 Å². The standard InChI is InChI=1S/C12H15FN2O/c1-12(15,6-8-16-9-7-14)10-4-2-3-5-11(10)13/h2-5H,6,8-9,15H2,1H3/t12-/m0/s1. The van der Waals surface area contributed by atoms with Gasteiger partial charge in [-0.15, -0.1) is 0 Å². The van der Waals surface area contributed by atoms with Gasteiger partial charge in [-0.1, -0.05) is 18.2 Å². The number of nitrogens with zero attached hydrogens (tertiary/aromatic N) is 1. The molecule has 1 aromatic carbocycles. The molecule has 0 fully saturated rings. The number of hydrogen-bond donors (Lipinski definition) is 1. The number of nitrogens with two attached hydrogens (primary N) is 1. The molecule has 0 saturated carbocycles. The fourth-order valence-electron chi connectivity index (χ4n) is 1.46. The highest BCUT2D eigenvalue weighted by molar-refractivity contribution is 5.24. The number of nitriles is 1. The van der Waals surface area contributed by atoms with Crippen LogP contribution in [0.5, 0.6) is 0 Å². The quantitative estimate of drug-likeness (QED) is 0.774. The van der Waals surface area contributed by atoms with Gasteiger partial charge in [0, 0.05) is 11.1 Å². The van der Waals surface area contributed by atoms with E-state index >= 15 is 0 Å². The number of hydrogen-bond acceptors (Lipinski definition) is 3. The molecule has 1 atom stereocenters. The summed E-state index contributed by atoms with van der Waals surface area (Å²) in [5.74, 6) is -0.312. The van der Waals surface area contributed by atoms with E-state index in [4.69, 9.17) is 15.7 Å². The molecule has 1 rings (SSSR count). The third-order valence-electron chi connectivity index (χ3n) is 2.42. The number of ether oxygens (including phenoxy) is 1. The third kappa shape index (κ3) is 3.30. The monoisotopic (exact) mass is 222 g/mol. The lowest BCUT2D eigenvalue weighted by atomic mass is 9.90. The van der Waals surface area contributed by atoms with Crippen LogP contribution in [0, 0.1) is 17.1 Å². The molecule has 0 amide bonds. The second kappa shape index (κ2) is 5.59. The molecule has 0 aliphatic rings. The Morgan fingerprint density at radius 2 is 2.19 bits per heavy atom. The Kier molecular flexibility index (Phi) is 4.41. The first-order chi connectivity index (χ1) is 7.58. The summed E-state index contributed by atoms with van der Waals surface area (Å²) in [6, 6.07) is 8.30. The SMILES string of the molecule is C[C@](N)(CCOCC#N)c1ccccc1F. The van der Waals surface area contributed by atoms with Crippen LogP contribution < -0.4 is 5.73 Å². The van der Waals surface area contributed by atoms with Crippen LogP contribution >= 0.6 is 0 Å². The summed E-state index contributed by atoms with van der Waals surface area (Å²) < 4.78 is 18.5. The van der Waals surface area contributed by atoms with E-state index in [0.717, 1.165) is 0 Å². The van der Waals surface area contributed by atoms with Crippen molar-refractivity contribution in [3.05, 3.63) is 35.6 Å². The van der Waals surface area contributed by atoms with Crippen molar-refractivity contribution >= 4 is 0 Å². The Labute approximate surface area is 94.6 Å². The van der Waals surface area contributed by atoms with E-state index in [2.05, 4.69) is 0 Å². The van der Waals surface area contributed by atoms with Gasteiger partial charge < -0.3 is 10.5 Å². The van der Waals surface area contributed by atoms with E-state index in [0.29, 0.717) is 18.6 Å². The van der Waals surface area contributed by atoms with Crippen molar-refractivity contribution in [2.45, 2.75) is 18.9 Å². The number of benzene rings is 1. The first kappa shape index (κ1) is 12.6. The zero-order chi connectivity index (χ0) is 12.0. The van der Waals surface area contributed by atoms with Crippen LogP contribution in [0.3, 0.4) is 0 Å². The van der Waals surface area contributed by atoms with E-state index in [1.165, 1.54) is 6.07 Å². The van der Waals surface area contributed by atoms with Gasteiger partial charge in [-0.25, -0.2) is 4.39 Å². The molecule has 2 N–H and O–H groups in total. The molecule has 4 heteroatoms.